The minimum atomic E-state index is 0.0552. The Morgan fingerprint density at radius 2 is 2.23 bits per heavy atom. The molecule has 0 aromatic heterocycles. The first-order chi connectivity index (χ1) is 6.13. The summed E-state index contributed by atoms with van der Waals surface area (Å²) in [5, 5.41) is 2.82. The second-order valence-corrected chi connectivity index (χ2v) is 4.03. The number of carbonyl (C=O) groups excluding carboxylic acids is 1. The summed E-state index contributed by atoms with van der Waals surface area (Å²) < 4.78 is 1.17. The fraction of sp³-hybridized carbons (Fsp3) is 0.300. The van der Waals surface area contributed by atoms with Gasteiger partial charge in [0, 0.05) is 15.7 Å². The fourth-order valence-electron chi connectivity index (χ4n) is 0.920. The van der Waals surface area contributed by atoms with Crippen LogP contribution in [0.15, 0.2) is 18.2 Å². The van der Waals surface area contributed by atoms with Crippen molar-refractivity contribution in [3.05, 3.63) is 27.3 Å². The highest BCUT2D eigenvalue weighted by molar-refractivity contribution is 14.1. The third kappa shape index (κ3) is 2.99. The molecule has 3 heteroatoms. The average molecular weight is 289 g/mol. The Morgan fingerprint density at radius 3 is 2.77 bits per heavy atom. The molecule has 0 heterocycles. The van der Waals surface area contributed by atoms with Gasteiger partial charge in [0.15, 0.2) is 0 Å². The van der Waals surface area contributed by atoms with Crippen LogP contribution in [0, 0.1) is 10.5 Å². The summed E-state index contributed by atoms with van der Waals surface area (Å²) in [4.78, 5) is 11.1. The average Bonchev–Trinajstić information content (AvgIpc) is 2.11. The van der Waals surface area contributed by atoms with Gasteiger partial charge in [-0.1, -0.05) is 13.0 Å². The van der Waals surface area contributed by atoms with Gasteiger partial charge in [0.05, 0.1) is 0 Å². The molecule has 1 aromatic carbocycles. The molecule has 1 N–H and O–H groups in total. The molecule has 13 heavy (non-hydrogen) atoms. The van der Waals surface area contributed by atoms with Crippen LogP contribution in [0.5, 0.6) is 0 Å². The molecule has 0 bridgehead atoms. The van der Waals surface area contributed by atoms with Crippen molar-refractivity contribution in [3.8, 4) is 0 Å². The molecule has 2 nitrogen and oxygen atoms in total. The van der Waals surface area contributed by atoms with Gasteiger partial charge in [-0.15, -0.1) is 0 Å². The quantitative estimate of drug-likeness (QED) is 0.833. The van der Waals surface area contributed by atoms with Gasteiger partial charge in [-0.05, 0) is 47.2 Å². The zero-order chi connectivity index (χ0) is 9.84. The van der Waals surface area contributed by atoms with Gasteiger partial charge in [-0.2, -0.15) is 0 Å². The van der Waals surface area contributed by atoms with Gasteiger partial charge in [0.1, 0.15) is 0 Å². The molecule has 0 saturated heterocycles. The van der Waals surface area contributed by atoms with Gasteiger partial charge < -0.3 is 5.32 Å². The van der Waals surface area contributed by atoms with E-state index in [1.807, 2.05) is 32.0 Å². The van der Waals surface area contributed by atoms with Crippen molar-refractivity contribution >= 4 is 34.2 Å². The number of rotatable bonds is 2. The molecule has 0 unspecified atom stereocenters. The summed E-state index contributed by atoms with van der Waals surface area (Å²) in [5.41, 5.74) is 2.11. The maximum atomic E-state index is 11.1. The Labute approximate surface area is 91.9 Å². The topological polar surface area (TPSA) is 29.1 Å². The van der Waals surface area contributed by atoms with E-state index in [1.165, 1.54) is 9.13 Å². The lowest BCUT2D eigenvalue weighted by Crippen LogP contribution is -2.09. The Bertz CT molecular complexity index is 323. The monoisotopic (exact) mass is 289 g/mol. The maximum Gasteiger partial charge on any atom is 0.224 e. The summed E-state index contributed by atoms with van der Waals surface area (Å²) >= 11 is 2.26. The summed E-state index contributed by atoms with van der Waals surface area (Å²) in [5.74, 6) is 0.0552. The zero-order valence-electron chi connectivity index (χ0n) is 7.73. The van der Waals surface area contributed by atoms with Crippen LogP contribution in [0.3, 0.4) is 0 Å². The number of amides is 1. The predicted molar refractivity (Wildman–Crippen MR) is 62.8 cm³/mol. The van der Waals surface area contributed by atoms with Gasteiger partial charge in [0.25, 0.3) is 0 Å². The van der Waals surface area contributed by atoms with Crippen molar-refractivity contribution in [2.45, 2.75) is 20.3 Å². The second-order valence-electron chi connectivity index (χ2n) is 2.87. The van der Waals surface area contributed by atoms with Crippen molar-refractivity contribution < 1.29 is 4.79 Å². The Hall–Kier alpha value is -0.580. The predicted octanol–water partition coefficient (Wildman–Crippen LogP) is 2.95. The summed E-state index contributed by atoms with van der Waals surface area (Å²) in [6.45, 7) is 3.89. The maximum absolute atomic E-state index is 11.1. The summed E-state index contributed by atoms with van der Waals surface area (Å²) in [7, 11) is 0. The van der Waals surface area contributed by atoms with Crippen LogP contribution in [-0.2, 0) is 4.79 Å². The molecule has 0 saturated carbocycles. The number of halogens is 1. The molecule has 0 atom stereocenters. The molecule has 1 aromatic rings. The van der Waals surface area contributed by atoms with Crippen LogP contribution in [0.25, 0.3) is 0 Å². The highest BCUT2D eigenvalue weighted by atomic mass is 127. The van der Waals surface area contributed by atoms with E-state index >= 15 is 0 Å². The number of hydrogen-bond acceptors (Lipinski definition) is 1. The van der Waals surface area contributed by atoms with E-state index in [4.69, 9.17) is 0 Å². The van der Waals surface area contributed by atoms with E-state index in [0.717, 1.165) is 5.69 Å². The zero-order valence-corrected chi connectivity index (χ0v) is 9.88. The molecule has 0 aliphatic carbocycles. The summed E-state index contributed by atoms with van der Waals surface area (Å²) in [6.07, 6.45) is 0.518. The van der Waals surface area contributed by atoms with Crippen LogP contribution in [-0.4, -0.2) is 5.91 Å². The molecule has 0 spiro atoms. The van der Waals surface area contributed by atoms with E-state index < -0.39 is 0 Å². The molecule has 0 aliphatic heterocycles. The Kier molecular flexibility index (Phi) is 3.71. The SMILES string of the molecule is CCC(=O)Nc1ccc(C)c(I)c1. The van der Waals surface area contributed by atoms with E-state index in [2.05, 4.69) is 27.9 Å². The first-order valence-electron chi connectivity index (χ1n) is 4.19. The largest absolute Gasteiger partial charge is 0.326 e. The lowest BCUT2D eigenvalue weighted by atomic mass is 10.2. The Balaban J connectivity index is 2.79. The lowest BCUT2D eigenvalue weighted by Gasteiger charge is -2.05. The van der Waals surface area contributed by atoms with Crippen molar-refractivity contribution in [1.82, 2.24) is 0 Å². The molecular formula is C10H12INO. The number of anilines is 1. The molecule has 70 valence electrons. The lowest BCUT2D eigenvalue weighted by molar-refractivity contribution is -0.115. The van der Waals surface area contributed by atoms with E-state index in [-0.39, 0.29) is 5.91 Å². The highest BCUT2D eigenvalue weighted by Crippen LogP contribution is 2.16. The second kappa shape index (κ2) is 4.60. The first kappa shape index (κ1) is 10.5. The molecule has 1 amide bonds. The molecule has 0 aliphatic rings. The molecular weight excluding hydrogens is 277 g/mol. The Morgan fingerprint density at radius 1 is 1.54 bits per heavy atom. The van der Waals surface area contributed by atoms with Gasteiger partial charge >= 0.3 is 0 Å². The van der Waals surface area contributed by atoms with Crippen molar-refractivity contribution in [2.75, 3.05) is 5.32 Å². The molecule has 0 radical (unpaired) electrons. The van der Waals surface area contributed by atoms with Crippen LogP contribution in [0.1, 0.15) is 18.9 Å². The normalized spacial score (nSPS) is 9.77. The van der Waals surface area contributed by atoms with Crippen LogP contribution < -0.4 is 5.32 Å². The minimum Gasteiger partial charge on any atom is -0.326 e. The van der Waals surface area contributed by atoms with Crippen molar-refractivity contribution in [2.24, 2.45) is 0 Å². The van der Waals surface area contributed by atoms with E-state index in [0.29, 0.717) is 6.42 Å². The van der Waals surface area contributed by atoms with Gasteiger partial charge in [-0.3, -0.25) is 4.79 Å². The smallest absolute Gasteiger partial charge is 0.224 e. The summed E-state index contributed by atoms with van der Waals surface area (Å²) in [6, 6.07) is 5.90. The van der Waals surface area contributed by atoms with Gasteiger partial charge in [-0.25, -0.2) is 0 Å². The van der Waals surface area contributed by atoms with Crippen LogP contribution in [0.2, 0.25) is 0 Å². The number of hydrogen-bond donors (Lipinski definition) is 1. The molecule has 1 rings (SSSR count). The third-order valence-electron chi connectivity index (χ3n) is 1.78. The highest BCUT2D eigenvalue weighted by Gasteiger charge is 2.00. The number of nitrogens with one attached hydrogen (secondary N) is 1. The first-order valence-corrected chi connectivity index (χ1v) is 5.27. The number of carbonyl (C=O) groups is 1. The van der Waals surface area contributed by atoms with Crippen LogP contribution in [0.4, 0.5) is 5.69 Å². The number of aryl methyl sites for hydroxylation is 1. The van der Waals surface area contributed by atoms with E-state index in [9.17, 15) is 4.79 Å². The fourth-order valence-corrected chi connectivity index (χ4v) is 1.44. The van der Waals surface area contributed by atoms with E-state index in [1.54, 1.807) is 0 Å². The third-order valence-corrected chi connectivity index (χ3v) is 2.94. The standard InChI is InChI=1S/C10H12INO/c1-3-10(13)12-8-5-4-7(2)9(11)6-8/h4-6H,3H2,1-2H3,(H,12,13). The van der Waals surface area contributed by atoms with Crippen molar-refractivity contribution in [3.63, 3.8) is 0 Å². The van der Waals surface area contributed by atoms with Gasteiger partial charge in [0.2, 0.25) is 5.91 Å². The minimum absolute atomic E-state index is 0.0552. The van der Waals surface area contributed by atoms with Crippen molar-refractivity contribution in [1.29, 1.82) is 0 Å². The number of benzene rings is 1. The van der Waals surface area contributed by atoms with Crippen LogP contribution >= 0.6 is 22.6 Å². The molecule has 0 fully saturated rings.